The topological polar surface area (TPSA) is 46.3 Å². The number of amides is 1. The summed E-state index contributed by atoms with van der Waals surface area (Å²) in [5.41, 5.74) is 7.39. The lowest BCUT2D eigenvalue weighted by Crippen LogP contribution is -2.39. The van der Waals surface area contributed by atoms with E-state index in [1.54, 1.807) is 0 Å². The molecule has 6 heteroatoms. The minimum Gasteiger partial charge on any atom is -0.339 e. The number of nitrogens with zero attached hydrogens (tertiary/aromatic N) is 1. The number of rotatable bonds is 4. The van der Waals surface area contributed by atoms with Gasteiger partial charge in [-0.15, -0.1) is 24.2 Å². The van der Waals surface area contributed by atoms with Gasteiger partial charge in [0.05, 0.1) is 0 Å². The molecule has 3 rings (SSSR count). The zero-order valence-corrected chi connectivity index (χ0v) is 16.2. The lowest BCUT2D eigenvalue weighted by molar-refractivity contribution is 0.0727. The van der Waals surface area contributed by atoms with Gasteiger partial charge in [0.2, 0.25) is 0 Å². The van der Waals surface area contributed by atoms with Gasteiger partial charge in [0, 0.05) is 40.4 Å². The van der Waals surface area contributed by atoms with E-state index in [-0.39, 0.29) is 18.3 Å². The highest BCUT2D eigenvalue weighted by molar-refractivity contribution is 8.00. The van der Waals surface area contributed by atoms with E-state index in [1.807, 2.05) is 53.1 Å². The standard InChI is InChI=1S/C19H21ClN2OS.ClH/c20-16-5-7-17(8-6-16)24-18-9-11-22(12-10-18)19(23)15-3-1-14(13-21)2-4-15;/h1-8,18H,9-13,21H2;1H. The molecule has 3 nitrogen and oxygen atoms in total. The van der Waals surface area contributed by atoms with E-state index in [9.17, 15) is 4.79 Å². The molecular formula is C19H22Cl2N2OS. The second-order valence-electron chi connectivity index (χ2n) is 5.96. The van der Waals surface area contributed by atoms with Crippen molar-refractivity contribution in [1.82, 2.24) is 4.90 Å². The van der Waals surface area contributed by atoms with Gasteiger partial charge in [-0.05, 0) is 54.8 Å². The second kappa shape index (κ2) is 9.48. The van der Waals surface area contributed by atoms with Crippen LogP contribution in [0.2, 0.25) is 5.02 Å². The molecule has 1 amide bonds. The van der Waals surface area contributed by atoms with Crippen molar-refractivity contribution in [3.63, 3.8) is 0 Å². The van der Waals surface area contributed by atoms with Gasteiger partial charge in [-0.25, -0.2) is 0 Å². The number of likely N-dealkylation sites (tertiary alicyclic amines) is 1. The SMILES string of the molecule is Cl.NCc1ccc(C(=O)N2CCC(Sc3ccc(Cl)cc3)CC2)cc1. The molecule has 1 aliphatic rings. The molecule has 0 atom stereocenters. The Morgan fingerprint density at radius 1 is 1.08 bits per heavy atom. The monoisotopic (exact) mass is 396 g/mol. The van der Waals surface area contributed by atoms with Crippen molar-refractivity contribution in [2.24, 2.45) is 5.73 Å². The fourth-order valence-electron chi connectivity index (χ4n) is 2.85. The molecule has 1 saturated heterocycles. The van der Waals surface area contributed by atoms with Crippen LogP contribution in [0.1, 0.15) is 28.8 Å². The van der Waals surface area contributed by atoms with Gasteiger partial charge >= 0.3 is 0 Å². The zero-order chi connectivity index (χ0) is 16.9. The average molecular weight is 397 g/mol. The van der Waals surface area contributed by atoms with Crippen LogP contribution in [-0.2, 0) is 6.54 Å². The first-order chi connectivity index (χ1) is 11.7. The van der Waals surface area contributed by atoms with E-state index in [0.717, 1.165) is 42.1 Å². The van der Waals surface area contributed by atoms with Crippen molar-refractivity contribution >= 4 is 41.7 Å². The average Bonchev–Trinajstić information content (AvgIpc) is 2.64. The Morgan fingerprint density at radius 3 is 2.24 bits per heavy atom. The Bertz CT molecular complexity index is 684. The molecule has 0 spiro atoms. The fraction of sp³-hybridized carbons (Fsp3) is 0.316. The number of thioether (sulfide) groups is 1. The quantitative estimate of drug-likeness (QED) is 0.819. The predicted molar refractivity (Wildman–Crippen MR) is 108 cm³/mol. The molecule has 0 unspecified atom stereocenters. The highest BCUT2D eigenvalue weighted by Gasteiger charge is 2.24. The first-order valence-corrected chi connectivity index (χ1v) is 9.42. The molecule has 2 N–H and O–H groups in total. The third-order valence-corrected chi connectivity index (χ3v) is 5.88. The van der Waals surface area contributed by atoms with Gasteiger partial charge in [-0.3, -0.25) is 4.79 Å². The summed E-state index contributed by atoms with van der Waals surface area (Å²) in [5, 5.41) is 1.32. The maximum absolute atomic E-state index is 12.6. The number of hydrogen-bond acceptors (Lipinski definition) is 3. The summed E-state index contributed by atoms with van der Waals surface area (Å²) in [7, 11) is 0. The van der Waals surface area contributed by atoms with Gasteiger partial charge in [0.25, 0.3) is 5.91 Å². The minimum absolute atomic E-state index is 0. The number of nitrogens with two attached hydrogens (primary N) is 1. The van der Waals surface area contributed by atoms with E-state index >= 15 is 0 Å². The smallest absolute Gasteiger partial charge is 0.253 e. The van der Waals surface area contributed by atoms with Crippen molar-refractivity contribution in [1.29, 1.82) is 0 Å². The molecule has 0 radical (unpaired) electrons. The van der Waals surface area contributed by atoms with E-state index in [1.165, 1.54) is 4.90 Å². The molecule has 0 saturated carbocycles. The van der Waals surface area contributed by atoms with E-state index in [0.29, 0.717) is 11.8 Å². The third kappa shape index (κ3) is 5.38. The van der Waals surface area contributed by atoms with E-state index < -0.39 is 0 Å². The summed E-state index contributed by atoms with van der Waals surface area (Å²) in [6.07, 6.45) is 2.03. The van der Waals surface area contributed by atoms with Crippen molar-refractivity contribution in [2.45, 2.75) is 29.5 Å². The number of halogens is 2. The van der Waals surface area contributed by atoms with Crippen molar-refractivity contribution in [3.05, 3.63) is 64.7 Å². The van der Waals surface area contributed by atoms with Crippen LogP contribution >= 0.6 is 35.8 Å². The molecule has 1 fully saturated rings. The van der Waals surface area contributed by atoms with E-state index in [2.05, 4.69) is 12.1 Å². The molecule has 1 aliphatic heterocycles. The second-order valence-corrected chi connectivity index (χ2v) is 7.77. The largest absolute Gasteiger partial charge is 0.339 e. The Labute approximate surface area is 164 Å². The summed E-state index contributed by atoms with van der Waals surface area (Å²) in [6.45, 7) is 2.12. The maximum atomic E-state index is 12.6. The van der Waals surface area contributed by atoms with Gasteiger partial charge < -0.3 is 10.6 Å². The lowest BCUT2D eigenvalue weighted by Gasteiger charge is -2.31. The molecular weight excluding hydrogens is 375 g/mol. The highest BCUT2D eigenvalue weighted by atomic mass is 35.5. The summed E-state index contributed by atoms with van der Waals surface area (Å²) < 4.78 is 0. The molecule has 134 valence electrons. The van der Waals surface area contributed by atoms with E-state index in [4.69, 9.17) is 17.3 Å². The van der Waals surface area contributed by atoms with Crippen molar-refractivity contribution < 1.29 is 4.79 Å². The Kier molecular flexibility index (Phi) is 7.63. The normalized spacial score (nSPS) is 14.9. The number of benzene rings is 2. The lowest BCUT2D eigenvalue weighted by atomic mass is 10.1. The van der Waals surface area contributed by atoms with Crippen LogP contribution in [-0.4, -0.2) is 29.1 Å². The summed E-state index contributed by atoms with van der Waals surface area (Å²) in [6, 6.07) is 15.6. The molecule has 25 heavy (non-hydrogen) atoms. The zero-order valence-electron chi connectivity index (χ0n) is 13.9. The van der Waals surface area contributed by atoms with Gasteiger partial charge in [-0.1, -0.05) is 23.7 Å². The van der Waals surface area contributed by atoms with Crippen LogP contribution in [0.5, 0.6) is 0 Å². The number of piperidine rings is 1. The number of carbonyl (C=O) groups excluding carboxylic acids is 1. The van der Waals surface area contributed by atoms with Crippen molar-refractivity contribution in [3.8, 4) is 0 Å². The third-order valence-electron chi connectivity index (χ3n) is 4.28. The predicted octanol–water partition coefficient (Wildman–Crippen LogP) is 4.62. The van der Waals surface area contributed by atoms with Crippen LogP contribution in [0.4, 0.5) is 0 Å². The summed E-state index contributed by atoms with van der Waals surface area (Å²) in [4.78, 5) is 15.8. The van der Waals surface area contributed by atoms with Gasteiger partial charge in [0.1, 0.15) is 0 Å². The summed E-state index contributed by atoms with van der Waals surface area (Å²) >= 11 is 7.80. The molecule has 2 aromatic carbocycles. The minimum atomic E-state index is 0. The van der Waals surface area contributed by atoms with Crippen LogP contribution in [0.15, 0.2) is 53.4 Å². The Hall–Kier alpha value is -1.20. The van der Waals surface area contributed by atoms with Gasteiger partial charge in [-0.2, -0.15) is 0 Å². The molecule has 2 aromatic rings. The Balaban J connectivity index is 0.00000225. The number of carbonyl (C=O) groups is 1. The molecule has 0 bridgehead atoms. The van der Waals surface area contributed by atoms with Crippen LogP contribution in [0.25, 0.3) is 0 Å². The molecule has 1 heterocycles. The first-order valence-electron chi connectivity index (χ1n) is 8.16. The van der Waals surface area contributed by atoms with Gasteiger partial charge in [0.15, 0.2) is 0 Å². The highest BCUT2D eigenvalue weighted by Crippen LogP contribution is 2.31. The molecule has 0 aromatic heterocycles. The van der Waals surface area contributed by atoms with Crippen LogP contribution in [0.3, 0.4) is 0 Å². The molecule has 0 aliphatic carbocycles. The van der Waals surface area contributed by atoms with Crippen LogP contribution in [0, 0.1) is 0 Å². The number of hydrogen-bond donors (Lipinski definition) is 1. The van der Waals surface area contributed by atoms with Crippen LogP contribution < -0.4 is 5.73 Å². The fourth-order valence-corrected chi connectivity index (χ4v) is 4.10. The first kappa shape index (κ1) is 20.1. The maximum Gasteiger partial charge on any atom is 0.253 e. The Morgan fingerprint density at radius 2 is 1.68 bits per heavy atom. The summed E-state index contributed by atoms with van der Waals surface area (Å²) in [5.74, 6) is 0.119. The van der Waals surface area contributed by atoms with Crippen molar-refractivity contribution in [2.75, 3.05) is 13.1 Å².